The molecule has 13 heavy (non-hydrogen) atoms. The zero-order valence-electron chi connectivity index (χ0n) is 6.93. The van der Waals surface area contributed by atoms with Crippen molar-refractivity contribution in [2.45, 2.75) is 18.1 Å². The number of thiol groups is 2. The van der Waals surface area contributed by atoms with Gasteiger partial charge in [-0.15, -0.1) is 0 Å². The summed E-state index contributed by atoms with van der Waals surface area (Å²) in [7, 11) is 0. The third-order valence-corrected chi connectivity index (χ3v) is 2.42. The maximum Gasteiger partial charge on any atom is 0.142 e. The third-order valence-electron chi connectivity index (χ3n) is 1.80. The second kappa shape index (κ2) is 4.74. The van der Waals surface area contributed by atoms with Crippen LogP contribution >= 0.6 is 25.3 Å². The molecule has 0 aromatic carbocycles. The number of aliphatic hydroxyl groups is 1. The van der Waals surface area contributed by atoms with Crippen molar-refractivity contribution in [3.8, 4) is 5.75 Å². The summed E-state index contributed by atoms with van der Waals surface area (Å²) in [4.78, 5) is 3.96. The van der Waals surface area contributed by atoms with E-state index in [0.29, 0.717) is 28.3 Å². The molecule has 1 heterocycles. The SMILES string of the molecule is OCc1cnc(CS)c(O)c1CS. The molecule has 5 heteroatoms. The fraction of sp³-hybridized carbons (Fsp3) is 0.375. The van der Waals surface area contributed by atoms with Crippen molar-refractivity contribution in [2.24, 2.45) is 0 Å². The monoisotopic (exact) mass is 217 g/mol. The Balaban J connectivity index is 3.23. The minimum Gasteiger partial charge on any atom is -0.506 e. The highest BCUT2D eigenvalue weighted by Crippen LogP contribution is 2.26. The van der Waals surface area contributed by atoms with Crippen molar-refractivity contribution >= 4 is 25.3 Å². The molecule has 0 saturated heterocycles. The van der Waals surface area contributed by atoms with E-state index in [1.165, 1.54) is 6.20 Å². The van der Waals surface area contributed by atoms with Gasteiger partial charge in [0.15, 0.2) is 0 Å². The van der Waals surface area contributed by atoms with E-state index >= 15 is 0 Å². The van der Waals surface area contributed by atoms with Gasteiger partial charge in [0.2, 0.25) is 0 Å². The van der Waals surface area contributed by atoms with Crippen LogP contribution in [0.15, 0.2) is 6.20 Å². The van der Waals surface area contributed by atoms with Gasteiger partial charge in [-0.1, -0.05) is 0 Å². The van der Waals surface area contributed by atoms with Gasteiger partial charge >= 0.3 is 0 Å². The predicted molar refractivity (Wildman–Crippen MR) is 57.2 cm³/mol. The van der Waals surface area contributed by atoms with Gasteiger partial charge in [-0.2, -0.15) is 25.3 Å². The van der Waals surface area contributed by atoms with E-state index in [1.54, 1.807) is 0 Å². The average molecular weight is 217 g/mol. The maximum atomic E-state index is 9.63. The number of aliphatic hydroxyl groups excluding tert-OH is 1. The zero-order chi connectivity index (χ0) is 9.84. The molecule has 72 valence electrons. The normalized spacial score (nSPS) is 10.4. The molecule has 1 rings (SSSR count). The summed E-state index contributed by atoms with van der Waals surface area (Å²) in [6, 6.07) is 0. The molecule has 0 atom stereocenters. The Kier molecular flexibility index (Phi) is 3.90. The quantitative estimate of drug-likeness (QED) is 0.574. The summed E-state index contributed by atoms with van der Waals surface area (Å²) in [5.41, 5.74) is 1.76. The molecule has 0 spiro atoms. The van der Waals surface area contributed by atoms with Gasteiger partial charge < -0.3 is 10.2 Å². The Morgan fingerprint density at radius 1 is 1.31 bits per heavy atom. The Morgan fingerprint density at radius 2 is 2.00 bits per heavy atom. The van der Waals surface area contributed by atoms with Crippen LogP contribution < -0.4 is 0 Å². The average Bonchev–Trinajstić information content (AvgIpc) is 2.17. The summed E-state index contributed by atoms with van der Waals surface area (Å²) >= 11 is 8.09. The third kappa shape index (κ3) is 2.10. The topological polar surface area (TPSA) is 53.4 Å². The van der Waals surface area contributed by atoms with Crippen LogP contribution in [0.1, 0.15) is 16.8 Å². The number of rotatable bonds is 3. The van der Waals surface area contributed by atoms with Crippen LogP contribution in [0, 0.1) is 0 Å². The first kappa shape index (κ1) is 10.7. The van der Waals surface area contributed by atoms with Crippen LogP contribution in [-0.2, 0) is 18.1 Å². The van der Waals surface area contributed by atoms with E-state index < -0.39 is 0 Å². The molecule has 0 aliphatic rings. The van der Waals surface area contributed by atoms with Gasteiger partial charge in [0, 0.05) is 28.8 Å². The lowest BCUT2D eigenvalue weighted by Crippen LogP contribution is -1.98. The maximum absolute atomic E-state index is 9.63. The van der Waals surface area contributed by atoms with E-state index in [1.807, 2.05) is 0 Å². The van der Waals surface area contributed by atoms with Gasteiger partial charge in [-0.3, -0.25) is 4.98 Å². The van der Waals surface area contributed by atoms with Gasteiger partial charge in [-0.05, 0) is 0 Å². The molecule has 0 aliphatic heterocycles. The van der Waals surface area contributed by atoms with Crippen molar-refractivity contribution in [2.75, 3.05) is 0 Å². The number of aromatic hydroxyl groups is 1. The van der Waals surface area contributed by atoms with E-state index in [4.69, 9.17) is 5.11 Å². The molecule has 1 aromatic rings. The van der Waals surface area contributed by atoms with Gasteiger partial charge in [0.05, 0.1) is 12.3 Å². The summed E-state index contributed by atoms with van der Waals surface area (Å²) in [5, 5.41) is 18.6. The molecule has 0 bridgehead atoms. The zero-order valence-corrected chi connectivity index (χ0v) is 8.72. The van der Waals surface area contributed by atoms with Gasteiger partial charge in [0.25, 0.3) is 0 Å². The molecular formula is C8H11NO2S2. The first-order chi connectivity index (χ1) is 6.24. The standard InChI is InChI=1S/C8H11NO2S2/c10-2-5-1-9-7(4-13)8(11)6(5)3-12/h1,10-13H,2-4H2. The lowest BCUT2D eigenvalue weighted by Gasteiger charge is -2.09. The highest BCUT2D eigenvalue weighted by Gasteiger charge is 2.10. The van der Waals surface area contributed by atoms with Crippen LogP contribution in [0.5, 0.6) is 5.75 Å². The number of hydrogen-bond acceptors (Lipinski definition) is 5. The minimum absolute atomic E-state index is 0.0940. The second-order valence-corrected chi connectivity index (χ2v) is 3.16. The smallest absolute Gasteiger partial charge is 0.142 e. The van der Waals surface area contributed by atoms with E-state index in [9.17, 15) is 5.11 Å². The number of nitrogens with zero attached hydrogens (tertiary/aromatic N) is 1. The molecule has 1 aromatic heterocycles. The molecule has 0 radical (unpaired) electrons. The lowest BCUT2D eigenvalue weighted by atomic mass is 10.1. The molecule has 0 fully saturated rings. The highest BCUT2D eigenvalue weighted by molar-refractivity contribution is 7.79. The van der Waals surface area contributed by atoms with Crippen molar-refractivity contribution in [1.82, 2.24) is 4.98 Å². The first-order valence-electron chi connectivity index (χ1n) is 3.75. The summed E-state index contributed by atoms with van der Waals surface area (Å²) in [5.74, 6) is 0.847. The fourth-order valence-corrected chi connectivity index (χ4v) is 1.63. The van der Waals surface area contributed by atoms with Crippen LogP contribution in [0.3, 0.4) is 0 Å². The molecule has 0 aliphatic carbocycles. The molecular weight excluding hydrogens is 206 g/mol. The summed E-state index contributed by atoms with van der Waals surface area (Å²) in [6.07, 6.45) is 1.54. The van der Waals surface area contributed by atoms with Crippen LogP contribution in [-0.4, -0.2) is 15.2 Å². The first-order valence-corrected chi connectivity index (χ1v) is 5.02. The highest BCUT2D eigenvalue weighted by atomic mass is 32.1. The molecule has 0 saturated carbocycles. The van der Waals surface area contributed by atoms with Gasteiger partial charge in [-0.25, -0.2) is 0 Å². The Morgan fingerprint density at radius 3 is 2.46 bits per heavy atom. The van der Waals surface area contributed by atoms with Crippen molar-refractivity contribution in [1.29, 1.82) is 0 Å². The Bertz CT molecular complexity index is 304. The number of pyridine rings is 1. The van der Waals surface area contributed by atoms with Crippen molar-refractivity contribution < 1.29 is 10.2 Å². The van der Waals surface area contributed by atoms with E-state index in [-0.39, 0.29) is 12.4 Å². The van der Waals surface area contributed by atoms with Crippen LogP contribution in [0.4, 0.5) is 0 Å². The fourth-order valence-electron chi connectivity index (χ4n) is 1.05. The summed E-state index contributed by atoms with van der Waals surface area (Å²) in [6.45, 7) is -0.136. The number of hydrogen-bond donors (Lipinski definition) is 4. The van der Waals surface area contributed by atoms with Crippen molar-refractivity contribution in [3.05, 3.63) is 23.0 Å². The molecule has 3 nitrogen and oxygen atoms in total. The molecule has 0 unspecified atom stereocenters. The summed E-state index contributed by atoms with van der Waals surface area (Å²) < 4.78 is 0. The number of aromatic nitrogens is 1. The lowest BCUT2D eigenvalue weighted by molar-refractivity contribution is 0.279. The Hall–Kier alpha value is -0.390. The predicted octanol–water partition coefficient (Wildman–Crippen LogP) is 1.14. The Labute approximate surface area is 87.6 Å². The largest absolute Gasteiger partial charge is 0.506 e. The molecule has 0 amide bonds. The van der Waals surface area contributed by atoms with E-state index in [2.05, 4.69) is 30.2 Å². The molecule has 2 N–H and O–H groups in total. The van der Waals surface area contributed by atoms with Crippen LogP contribution in [0.2, 0.25) is 0 Å². The second-order valence-electron chi connectivity index (χ2n) is 2.53. The van der Waals surface area contributed by atoms with E-state index in [0.717, 1.165) is 0 Å². The van der Waals surface area contributed by atoms with Crippen molar-refractivity contribution in [3.63, 3.8) is 0 Å². The minimum atomic E-state index is -0.136. The van der Waals surface area contributed by atoms with Crippen LogP contribution in [0.25, 0.3) is 0 Å². The van der Waals surface area contributed by atoms with Gasteiger partial charge in [0.1, 0.15) is 5.75 Å².